The highest BCUT2D eigenvalue weighted by Crippen LogP contribution is 2.40. The maximum Gasteiger partial charge on any atom is 0.494 e. The molecule has 1 N–H and O–H groups in total. The Morgan fingerprint density at radius 3 is 2.03 bits per heavy atom. The summed E-state index contributed by atoms with van der Waals surface area (Å²) < 4.78 is 18.3. The van der Waals surface area contributed by atoms with E-state index in [1.807, 2.05) is 72.7 Å². The summed E-state index contributed by atoms with van der Waals surface area (Å²) in [6, 6.07) is 7.95. The average molecular weight is 445 g/mol. The van der Waals surface area contributed by atoms with Crippen LogP contribution in [0.4, 0.5) is 4.79 Å². The molecule has 0 aromatic heterocycles. The van der Waals surface area contributed by atoms with E-state index >= 15 is 0 Å². The zero-order valence-corrected chi connectivity index (χ0v) is 21.2. The average Bonchev–Trinajstić information content (AvgIpc) is 2.87. The van der Waals surface area contributed by atoms with Gasteiger partial charge < -0.3 is 24.1 Å². The predicted octanol–water partition coefficient (Wildman–Crippen LogP) is 4.44. The number of aliphatic hydroxyl groups is 1. The van der Waals surface area contributed by atoms with Gasteiger partial charge in [-0.05, 0) is 65.4 Å². The molecule has 2 fully saturated rings. The van der Waals surface area contributed by atoms with Crippen LogP contribution in [0, 0.1) is 5.92 Å². The number of benzene rings is 1. The van der Waals surface area contributed by atoms with Crippen LogP contribution in [0.15, 0.2) is 24.3 Å². The standard InChI is InChI=1S/C25H40BNO5/c1-17(2)25(16-22(4,5)29)14-15-27(21(28)30-25)18(3)19-10-12-20(13-11-19)26-31-23(6,7)24(8,9)32-26/h10-13,17-18,29H,14-16H2,1-9H3/t18-,25-/m0/s1. The molecule has 1 aromatic carbocycles. The highest BCUT2D eigenvalue weighted by atomic mass is 16.7. The topological polar surface area (TPSA) is 68.2 Å². The normalized spacial score (nSPS) is 26.4. The van der Waals surface area contributed by atoms with E-state index < -0.39 is 18.3 Å². The SMILES string of the molecule is CC(C)[C@@]1(CC(C)(C)O)CCN([C@@H](C)c2ccc(B3OC(C)(C)C(C)(C)O3)cc2)C(=O)O1. The molecule has 6 nitrogen and oxygen atoms in total. The van der Waals surface area contributed by atoms with Crippen molar-refractivity contribution in [3.63, 3.8) is 0 Å². The van der Waals surface area contributed by atoms with Crippen LogP contribution in [0.2, 0.25) is 0 Å². The lowest BCUT2D eigenvalue weighted by atomic mass is 9.77. The third-order valence-corrected chi connectivity index (χ3v) is 7.50. The van der Waals surface area contributed by atoms with Gasteiger partial charge in [0, 0.05) is 19.4 Å². The summed E-state index contributed by atoms with van der Waals surface area (Å²) in [5.74, 6) is 0.120. The number of carbonyl (C=O) groups excluding carboxylic acids is 1. The quantitative estimate of drug-likeness (QED) is 0.656. The first-order valence-corrected chi connectivity index (χ1v) is 11.7. The monoisotopic (exact) mass is 445 g/mol. The third kappa shape index (κ3) is 4.85. The van der Waals surface area contributed by atoms with Gasteiger partial charge in [0.05, 0.1) is 22.8 Å². The Labute approximate surface area is 193 Å². The molecule has 178 valence electrons. The summed E-state index contributed by atoms with van der Waals surface area (Å²) in [4.78, 5) is 14.8. The fourth-order valence-corrected chi connectivity index (χ4v) is 4.59. The van der Waals surface area contributed by atoms with Crippen LogP contribution < -0.4 is 5.46 Å². The summed E-state index contributed by atoms with van der Waals surface area (Å²) in [5, 5.41) is 10.4. The van der Waals surface area contributed by atoms with Crippen LogP contribution in [-0.2, 0) is 14.0 Å². The van der Waals surface area contributed by atoms with Crippen molar-refractivity contribution in [2.45, 2.75) is 104 Å². The molecule has 1 amide bonds. The van der Waals surface area contributed by atoms with Crippen molar-refractivity contribution in [2.75, 3.05) is 6.54 Å². The summed E-state index contributed by atoms with van der Waals surface area (Å²) >= 11 is 0. The van der Waals surface area contributed by atoms with E-state index in [-0.39, 0.29) is 29.3 Å². The van der Waals surface area contributed by atoms with E-state index in [0.29, 0.717) is 19.4 Å². The highest BCUT2D eigenvalue weighted by molar-refractivity contribution is 6.62. The summed E-state index contributed by atoms with van der Waals surface area (Å²) in [5.41, 5.74) is -0.319. The number of cyclic esters (lactones) is 1. The van der Waals surface area contributed by atoms with Crippen molar-refractivity contribution in [1.82, 2.24) is 4.90 Å². The molecule has 0 aliphatic carbocycles. The van der Waals surface area contributed by atoms with Crippen LogP contribution in [0.1, 0.15) is 86.8 Å². The Morgan fingerprint density at radius 2 is 1.59 bits per heavy atom. The van der Waals surface area contributed by atoms with E-state index in [9.17, 15) is 9.90 Å². The minimum absolute atomic E-state index is 0.120. The fraction of sp³-hybridized carbons (Fsp3) is 0.720. The first-order valence-electron chi connectivity index (χ1n) is 11.7. The number of hydrogen-bond acceptors (Lipinski definition) is 5. The van der Waals surface area contributed by atoms with Gasteiger partial charge in [-0.2, -0.15) is 0 Å². The molecular formula is C25H40BNO5. The largest absolute Gasteiger partial charge is 0.494 e. The second-order valence-corrected chi connectivity index (χ2v) is 11.5. The molecule has 7 heteroatoms. The Balaban J connectivity index is 1.71. The second kappa shape index (κ2) is 8.34. The maximum atomic E-state index is 13.0. The molecule has 3 rings (SSSR count). The number of carbonyl (C=O) groups is 1. The van der Waals surface area contributed by atoms with Crippen LogP contribution in [0.5, 0.6) is 0 Å². The van der Waals surface area contributed by atoms with Crippen molar-refractivity contribution >= 4 is 18.7 Å². The van der Waals surface area contributed by atoms with Crippen molar-refractivity contribution < 1.29 is 23.9 Å². The Kier molecular flexibility index (Phi) is 6.53. The minimum Gasteiger partial charge on any atom is -0.442 e. The smallest absolute Gasteiger partial charge is 0.442 e. The van der Waals surface area contributed by atoms with Gasteiger partial charge in [0.25, 0.3) is 0 Å². The van der Waals surface area contributed by atoms with Gasteiger partial charge in [0.1, 0.15) is 5.60 Å². The second-order valence-electron chi connectivity index (χ2n) is 11.5. The molecule has 2 aliphatic heterocycles. The molecule has 2 aliphatic rings. The van der Waals surface area contributed by atoms with Crippen molar-refractivity contribution in [3.8, 4) is 0 Å². The summed E-state index contributed by atoms with van der Waals surface area (Å²) in [7, 11) is -0.405. The predicted molar refractivity (Wildman–Crippen MR) is 127 cm³/mol. The van der Waals surface area contributed by atoms with Crippen molar-refractivity contribution in [3.05, 3.63) is 29.8 Å². The van der Waals surface area contributed by atoms with E-state index in [1.54, 1.807) is 18.7 Å². The van der Waals surface area contributed by atoms with E-state index in [4.69, 9.17) is 14.0 Å². The molecule has 2 saturated heterocycles. The molecule has 2 heterocycles. The molecule has 0 spiro atoms. The molecule has 2 atom stereocenters. The summed E-state index contributed by atoms with van der Waals surface area (Å²) in [6.45, 7) is 18.4. The first-order chi connectivity index (χ1) is 14.6. The van der Waals surface area contributed by atoms with Gasteiger partial charge in [-0.1, -0.05) is 38.1 Å². The highest BCUT2D eigenvalue weighted by Gasteiger charge is 2.52. The van der Waals surface area contributed by atoms with Crippen LogP contribution in [0.25, 0.3) is 0 Å². The number of ether oxygens (including phenoxy) is 1. The van der Waals surface area contributed by atoms with Crippen LogP contribution in [-0.4, -0.2) is 52.2 Å². The van der Waals surface area contributed by atoms with Crippen LogP contribution in [0.3, 0.4) is 0 Å². The van der Waals surface area contributed by atoms with Gasteiger partial charge in [0.2, 0.25) is 0 Å². The van der Waals surface area contributed by atoms with Gasteiger partial charge >= 0.3 is 13.2 Å². The summed E-state index contributed by atoms with van der Waals surface area (Å²) in [6.07, 6.45) is 0.794. The lowest BCUT2D eigenvalue weighted by molar-refractivity contribution is -0.119. The molecule has 32 heavy (non-hydrogen) atoms. The molecule has 0 bridgehead atoms. The van der Waals surface area contributed by atoms with Gasteiger partial charge in [-0.25, -0.2) is 4.79 Å². The van der Waals surface area contributed by atoms with Crippen molar-refractivity contribution in [1.29, 1.82) is 0 Å². The molecule has 0 unspecified atom stereocenters. The molecular weight excluding hydrogens is 405 g/mol. The van der Waals surface area contributed by atoms with Crippen molar-refractivity contribution in [2.24, 2.45) is 5.92 Å². The number of rotatable bonds is 6. The van der Waals surface area contributed by atoms with E-state index in [0.717, 1.165) is 11.0 Å². The molecule has 1 aromatic rings. The Morgan fingerprint density at radius 1 is 1.06 bits per heavy atom. The van der Waals surface area contributed by atoms with Crippen LogP contribution >= 0.6 is 0 Å². The minimum atomic E-state index is -0.901. The Hall–Kier alpha value is -1.57. The maximum absolute atomic E-state index is 13.0. The van der Waals surface area contributed by atoms with E-state index in [1.165, 1.54) is 0 Å². The number of hydrogen-bond donors (Lipinski definition) is 1. The van der Waals surface area contributed by atoms with Gasteiger partial charge in [-0.3, -0.25) is 0 Å². The zero-order valence-electron chi connectivity index (χ0n) is 21.2. The molecule has 0 radical (unpaired) electrons. The van der Waals surface area contributed by atoms with E-state index in [2.05, 4.69) is 0 Å². The third-order valence-electron chi connectivity index (χ3n) is 7.50. The first kappa shape index (κ1) is 25.1. The Bertz CT molecular complexity index is 814. The molecule has 0 saturated carbocycles. The number of amides is 1. The van der Waals surface area contributed by atoms with Gasteiger partial charge in [0.15, 0.2) is 0 Å². The lowest BCUT2D eigenvalue weighted by Gasteiger charge is -2.47. The number of nitrogens with zero attached hydrogens (tertiary/aromatic N) is 1. The van der Waals surface area contributed by atoms with Gasteiger partial charge in [-0.15, -0.1) is 0 Å². The lowest BCUT2D eigenvalue weighted by Crippen LogP contribution is -2.55. The fourth-order valence-electron chi connectivity index (χ4n) is 4.59. The zero-order chi connectivity index (χ0) is 24.1.